The summed E-state index contributed by atoms with van der Waals surface area (Å²) in [5.74, 6) is -1.24. The van der Waals surface area contributed by atoms with Gasteiger partial charge in [0.05, 0.1) is 5.92 Å². The first-order valence-corrected chi connectivity index (χ1v) is 5.74. The zero-order valence-electron chi connectivity index (χ0n) is 9.78. The molecule has 0 aromatic rings. The van der Waals surface area contributed by atoms with Gasteiger partial charge in [0.1, 0.15) is 5.71 Å². The molecule has 1 N–H and O–H groups in total. The van der Waals surface area contributed by atoms with Crippen molar-refractivity contribution in [3.05, 3.63) is 0 Å². The fourth-order valence-corrected chi connectivity index (χ4v) is 1.55. The molecule has 0 fully saturated rings. The summed E-state index contributed by atoms with van der Waals surface area (Å²) in [7, 11) is 0. The number of esters is 2. The predicted octanol–water partition coefficient (Wildman–Crippen LogP) is 1.23. The Morgan fingerprint density at radius 1 is 1.44 bits per heavy atom. The largest absolute Gasteiger partial charge is 0.388 e. The summed E-state index contributed by atoms with van der Waals surface area (Å²) < 4.78 is 4.79. The Morgan fingerprint density at radius 2 is 2.12 bits per heavy atom. The van der Waals surface area contributed by atoms with E-state index in [1.54, 1.807) is 0 Å². The van der Waals surface area contributed by atoms with E-state index in [1.165, 1.54) is 0 Å². The van der Waals surface area contributed by atoms with Crippen LogP contribution >= 0.6 is 0 Å². The maximum atomic E-state index is 11.5. The monoisotopic (exact) mass is 226 g/mol. The molecule has 0 amide bonds. The maximum absolute atomic E-state index is 11.5. The van der Waals surface area contributed by atoms with Crippen molar-refractivity contribution in [2.75, 3.05) is 6.54 Å². The first-order valence-electron chi connectivity index (χ1n) is 5.74. The predicted molar refractivity (Wildman–Crippen MR) is 59.8 cm³/mol. The smallest absolute Gasteiger partial charge is 0.362 e. The second kappa shape index (κ2) is 6.25. The zero-order valence-corrected chi connectivity index (χ0v) is 9.78. The third-order valence-electron chi connectivity index (χ3n) is 2.66. The molecule has 1 heterocycles. The van der Waals surface area contributed by atoms with E-state index >= 15 is 0 Å². The molecule has 0 unspecified atom stereocenters. The van der Waals surface area contributed by atoms with Gasteiger partial charge in [-0.3, -0.25) is 4.79 Å². The average molecular weight is 226 g/mol. The van der Waals surface area contributed by atoms with Crippen molar-refractivity contribution in [1.29, 1.82) is 0 Å². The third-order valence-corrected chi connectivity index (χ3v) is 2.66. The zero-order chi connectivity index (χ0) is 12.0. The highest BCUT2D eigenvalue weighted by molar-refractivity contribution is 6.37. The van der Waals surface area contributed by atoms with Crippen molar-refractivity contribution in [2.24, 2.45) is 11.0 Å². The first kappa shape index (κ1) is 12.7. The summed E-state index contributed by atoms with van der Waals surface area (Å²) in [4.78, 5) is 23.1. The topological polar surface area (TPSA) is 67.8 Å². The Morgan fingerprint density at radius 3 is 2.62 bits per heavy atom. The van der Waals surface area contributed by atoms with Gasteiger partial charge in [-0.15, -0.1) is 0 Å². The molecule has 0 aromatic carbocycles. The lowest BCUT2D eigenvalue weighted by molar-refractivity contribution is -0.158. The van der Waals surface area contributed by atoms with E-state index < -0.39 is 11.9 Å². The Hall–Kier alpha value is -1.39. The molecular weight excluding hydrogens is 208 g/mol. The third kappa shape index (κ3) is 3.32. The van der Waals surface area contributed by atoms with Crippen LogP contribution in [0, 0.1) is 5.92 Å². The maximum Gasteiger partial charge on any atom is 0.362 e. The number of hydrogen-bond donors (Lipinski definition) is 1. The van der Waals surface area contributed by atoms with Gasteiger partial charge < -0.3 is 10.2 Å². The van der Waals surface area contributed by atoms with E-state index in [-0.39, 0.29) is 5.92 Å². The normalized spacial score (nSPS) is 15.3. The van der Waals surface area contributed by atoms with Crippen LogP contribution in [-0.4, -0.2) is 24.2 Å². The van der Waals surface area contributed by atoms with Gasteiger partial charge >= 0.3 is 11.9 Å². The van der Waals surface area contributed by atoms with E-state index in [0.29, 0.717) is 25.0 Å². The molecule has 0 radical (unpaired) electrons. The molecule has 1 rings (SSSR count). The quantitative estimate of drug-likeness (QED) is 0.578. The Kier molecular flexibility index (Phi) is 4.95. The number of rotatable bonds is 4. The Balaban J connectivity index is 2.50. The summed E-state index contributed by atoms with van der Waals surface area (Å²) >= 11 is 0. The summed E-state index contributed by atoms with van der Waals surface area (Å²) in [6.07, 6.45) is 2.79. The number of hydrazone groups is 1. The van der Waals surface area contributed by atoms with Crippen LogP contribution in [0.1, 0.15) is 39.5 Å². The van der Waals surface area contributed by atoms with Gasteiger partial charge in [0, 0.05) is 13.0 Å². The highest BCUT2D eigenvalue weighted by Gasteiger charge is 2.23. The van der Waals surface area contributed by atoms with Crippen molar-refractivity contribution < 1.29 is 14.3 Å². The number of carbonyl (C=O) groups excluding carboxylic acids is 2. The van der Waals surface area contributed by atoms with Crippen molar-refractivity contribution in [2.45, 2.75) is 39.5 Å². The molecule has 0 atom stereocenters. The standard InChI is InChI=1S/C11H18N2O3/c1-3-8(4-2)10(14)16-11(15)9-6-5-7-12-13-9/h8,12H,3-7H2,1-2H3. The average Bonchev–Trinajstić information content (AvgIpc) is 2.31. The van der Waals surface area contributed by atoms with E-state index in [2.05, 4.69) is 10.5 Å². The minimum Gasteiger partial charge on any atom is -0.388 e. The molecule has 0 aromatic heterocycles. The van der Waals surface area contributed by atoms with Crippen molar-refractivity contribution in [3.63, 3.8) is 0 Å². The van der Waals surface area contributed by atoms with Gasteiger partial charge in [0.2, 0.25) is 0 Å². The van der Waals surface area contributed by atoms with Gasteiger partial charge in [0.25, 0.3) is 0 Å². The highest BCUT2D eigenvalue weighted by atomic mass is 16.6. The van der Waals surface area contributed by atoms with E-state index in [9.17, 15) is 9.59 Å². The lowest BCUT2D eigenvalue weighted by Crippen LogP contribution is -2.30. The van der Waals surface area contributed by atoms with Crippen LogP contribution in [0.15, 0.2) is 5.10 Å². The molecule has 0 saturated carbocycles. The molecule has 16 heavy (non-hydrogen) atoms. The fraction of sp³-hybridized carbons (Fsp3) is 0.727. The van der Waals surface area contributed by atoms with Gasteiger partial charge in [-0.2, -0.15) is 5.10 Å². The molecule has 0 bridgehead atoms. The lowest BCUT2D eigenvalue weighted by atomic mass is 10.0. The molecule has 0 aliphatic carbocycles. The van der Waals surface area contributed by atoms with Crippen LogP contribution in [0.3, 0.4) is 0 Å². The van der Waals surface area contributed by atoms with Gasteiger partial charge in [-0.25, -0.2) is 4.79 Å². The van der Waals surface area contributed by atoms with Crippen LogP contribution < -0.4 is 5.43 Å². The van der Waals surface area contributed by atoms with Crippen LogP contribution in [-0.2, 0) is 14.3 Å². The van der Waals surface area contributed by atoms with E-state index in [0.717, 1.165) is 13.0 Å². The number of nitrogens with one attached hydrogen (secondary N) is 1. The molecule has 1 aliphatic rings. The molecule has 90 valence electrons. The fourth-order valence-electron chi connectivity index (χ4n) is 1.55. The summed E-state index contributed by atoms with van der Waals surface area (Å²) in [6.45, 7) is 4.57. The minimum atomic E-state index is -0.607. The van der Waals surface area contributed by atoms with Gasteiger partial charge in [-0.1, -0.05) is 13.8 Å². The summed E-state index contributed by atoms with van der Waals surface area (Å²) in [6, 6.07) is 0. The van der Waals surface area contributed by atoms with Crippen molar-refractivity contribution >= 4 is 17.7 Å². The van der Waals surface area contributed by atoms with Gasteiger partial charge in [0.15, 0.2) is 0 Å². The minimum absolute atomic E-state index is 0.193. The number of carbonyl (C=O) groups is 2. The Bertz CT molecular complexity index is 296. The molecule has 5 nitrogen and oxygen atoms in total. The van der Waals surface area contributed by atoms with E-state index in [4.69, 9.17) is 4.74 Å². The first-order chi connectivity index (χ1) is 7.69. The van der Waals surface area contributed by atoms with E-state index in [1.807, 2.05) is 13.8 Å². The number of nitrogens with zero attached hydrogens (tertiary/aromatic N) is 1. The van der Waals surface area contributed by atoms with Gasteiger partial charge in [-0.05, 0) is 19.3 Å². The second-order valence-electron chi connectivity index (χ2n) is 3.79. The molecule has 0 spiro atoms. The Labute approximate surface area is 95.2 Å². The molecule has 0 saturated heterocycles. The molecule has 1 aliphatic heterocycles. The second-order valence-corrected chi connectivity index (χ2v) is 3.79. The molecule has 5 heteroatoms. The number of hydrogen-bond acceptors (Lipinski definition) is 5. The SMILES string of the molecule is CCC(CC)C(=O)OC(=O)C1=NNCCC1. The lowest BCUT2D eigenvalue weighted by Gasteiger charge is -2.13. The summed E-state index contributed by atoms with van der Waals surface area (Å²) in [5.41, 5.74) is 3.03. The van der Waals surface area contributed by atoms with Crippen LogP contribution in [0.25, 0.3) is 0 Å². The molecular formula is C11H18N2O3. The summed E-state index contributed by atoms with van der Waals surface area (Å²) in [5, 5.41) is 3.83. The van der Waals surface area contributed by atoms with Crippen LogP contribution in [0.5, 0.6) is 0 Å². The highest BCUT2D eigenvalue weighted by Crippen LogP contribution is 2.10. The van der Waals surface area contributed by atoms with Crippen molar-refractivity contribution in [1.82, 2.24) is 5.43 Å². The van der Waals surface area contributed by atoms with Crippen LogP contribution in [0.2, 0.25) is 0 Å². The van der Waals surface area contributed by atoms with Crippen molar-refractivity contribution in [3.8, 4) is 0 Å². The number of ether oxygens (including phenoxy) is 1. The van der Waals surface area contributed by atoms with Crippen LogP contribution in [0.4, 0.5) is 0 Å².